The van der Waals surface area contributed by atoms with Crippen molar-refractivity contribution in [1.29, 1.82) is 0 Å². The number of aliphatic hydroxyl groups excluding tert-OH is 1. The molecule has 14 heavy (non-hydrogen) atoms. The second kappa shape index (κ2) is 4.80. The van der Waals surface area contributed by atoms with E-state index < -0.39 is 0 Å². The highest BCUT2D eigenvalue weighted by atomic mass is 16.5. The molecular weight excluding hydrogens is 178 g/mol. The van der Waals surface area contributed by atoms with E-state index >= 15 is 0 Å². The molecule has 0 saturated carbocycles. The van der Waals surface area contributed by atoms with Gasteiger partial charge in [-0.1, -0.05) is 0 Å². The Morgan fingerprint density at radius 3 is 2.43 bits per heavy atom. The number of aliphatic hydroxyl groups is 1. The summed E-state index contributed by atoms with van der Waals surface area (Å²) in [5.74, 6) is 0. The fourth-order valence-corrected chi connectivity index (χ4v) is 1.78. The van der Waals surface area contributed by atoms with E-state index in [0.29, 0.717) is 0 Å². The summed E-state index contributed by atoms with van der Waals surface area (Å²) < 4.78 is 4.93. The maximum Gasteiger partial charge on any atom is 0.0802 e. The van der Waals surface area contributed by atoms with Gasteiger partial charge in [0, 0.05) is 18.6 Å². The normalized spacial score (nSPS) is 21.7. The molecule has 0 bridgehead atoms. The number of hydrogen-bond donors (Lipinski definition) is 1. The van der Waals surface area contributed by atoms with Gasteiger partial charge in [0.05, 0.1) is 19.5 Å². The molecule has 1 rings (SSSR count). The van der Waals surface area contributed by atoms with Crippen molar-refractivity contribution in [3.63, 3.8) is 0 Å². The van der Waals surface area contributed by atoms with Crippen molar-refractivity contribution in [3.05, 3.63) is 12.3 Å². The third-order valence-electron chi connectivity index (χ3n) is 2.89. The second-order valence-electron chi connectivity index (χ2n) is 4.41. The lowest BCUT2D eigenvalue weighted by Gasteiger charge is -2.40. The minimum Gasteiger partial charge on any atom is -0.505 e. The van der Waals surface area contributed by atoms with Gasteiger partial charge in [0.2, 0.25) is 0 Å². The van der Waals surface area contributed by atoms with Gasteiger partial charge >= 0.3 is 0 Å². The minimum atomic E-state index is -0.103. The number of methoxy groups -OCH3 is 1. The molecular formula is C11H21NO2. The zero-order valence-electron chi connectivity index (χ0n) is 9.36. The van der Waals surface area contributed by atoms with Crippen molar-refractivity contribution in [2.24, 2.45) is 0 Å². The van der Waals surface area contributed by atoms with E-state index in [0.717, 1.165) is 25.9 Å². The Bertz CT molecular complexity index is 193. The molecule has 1 saturated heterocycles. The highest BCUT2D eigenvalue weighted by Crippen LogP contribution is 2.21. The van der Waals surface area contributed by atoms with Crippen LogP contribution < -0.4 is 0 Å². The van der Waals surface area contributed by atoms with Crippen LogP contribution in [0.15, 0.2) is 12.3 Å². The van der Waals surface area contributed by atoms with E-state index in [1.165, 1.54) is 0 Å². The van der Waals surface area contributed by atoms with Crippen LogP contribution in [-0.2, 0) is 4.74 Å². The van der Waals surface area contributed by atoms with Crippen molar-refractivity contribution in [2.45, 2.75) is 38.3 Å². The molecule has 1 N–H and O–H groups in total. The van der Waals surface area contributed by atoms with Crippen LogP contribution in [0, 0.1) is 0 Å². The largest absolute Gasteiger partial charge is 0.505 e. The molecule has 3 nitrogen and oxygen atoms in total. The summed E-state index contributed by atoms with van der Waals surface area (Å²) in [7, 11) is 1.66. The topological polar surface area (TPSA) is 32.7 Å². The molecule has 0 aromatic heterocycles. The Hall–Kier alpha value is -0.540. The maximum absolute atomic E-state index is 9.40. The zero-order chi connectivity index (χ0) is 10.6. The van der Waals surface area contributed by atoms with Gasteiger partial charge in [-0.3, -0.25) is 4.90 Å². The van der Waals surface area contributed by atoms with Crippen LogP contribution in [0.5, 0.6) is 0 Å². The van der Waals surface area contributed by atoms with E-state index in [-0.39, 0.29) is 11.6 Å². The van der Waals surface area contributed by atoms with Crippen LogP contribution in [0.1, 0.15) is 26.7 Å². The fraction of sp³-hybridized carbons (Fsp3) is 0.818. The van der Waals surface area contributed by atoms with Crippen LogP contribution in [0.2, 0.25) is 0 Å². The monoisotopic (exact) mass is 199 g/mol. The SMILES string of the molecule is CO/C=C/C(C)(C)N1CCC(O)CC1. The van der Waals surface area contributed by atoms with Gasteiger partial charge in [-0.05, 0) is 32.8 Å². The molecule has 0 aliphatic carbocycles. The number of ether oxygens (including phenoxy) is 1. The number of likely N-dealkylation sites (tertiary alicyclic amines) is 1. The highest BCUT2D eigenvalue weighted by Gasteiger charge is 2.27. The first kappa shape index (κ1) is 11.5. The van der Waals surface area contributed by atoms with Gasteiger partial charge in [0.15, 0.2) is 0 Å². The Morgan fingerprint density at radius 1 is 1.36 bits per heavy atom. The van der Waals surface area contributed by atoms with E-state index in [4.69, 9.17) is 4.74 Å². The molecule has 0 atom stereocenters. The molecule has 0 spiro atoms. The van der Waals surface area contributed by atoms with Gasteiger partial charge in [-0.25, -0.2) is 0 Å². The summed E-state index contributed by atoms with van der Waals surface area (Å²) in [4.78, 5) is 2.37. The molecule has 0 aromatic rings. The first-order valence-corrected chi connectivity index (χ1v) is 5.20. The lowest BCUT2D eigenvalue weighted by Crippen LogP contribution is -2.47. The van der Waals surface area contributed by atoms with Crippen molar-refractivity contribution < 1.29 is 9.84 Å². The number of piperidine rings is 1. The molecule has 0 amide bonds. The Labute approximate surface area is 86.4 Å². The molecule has 1 heterocycles. The predicted octanol–water partition coefficient (Wildman–Crippen LogP) is 1.38. The van der Waals surface area contributed by atoms with Crippen LogP contribution in [0.25, 0.3) is 0 Å². The maximum atomic E-state index is 9.40. The van der Waals surface area contributed by atoms with Crippen molar-refractivity contribution in [2.75, 3.05) is 20.2 Å². The van der Waals surface area contributed by atoms with Crippen LogP contribution in [0.4, 0.5) is 0 Å². The number of nitrogens with zero attached hydrogens (tertiary/aromatic N) is 1. The summed E-state index contributed by atoms with van der Waals surface area (Å²) in [6.45, 7) is 6.25. The van der Waals surface area contributed by atoms with E-state index in [1.54, 1.807) is 13.4 Å². The highest BCUT2D eigenvalue weighted by molar-refractivity contribution is 5.00. The van der Waals surface area contributed by atoms with Crippen LogP contribution >= 0.6 is 0 Å². The summed E-state index contributed by atoms with van der Waals surface area (Å²) in [6, 6.07) is 0. The molecule has 1 aliphatic heterocycles. The lowest BCUT2D eigenvalue weighted by atomic mass is 9.98. The first-order valence-electron chi connectivity index (χ1n) is 5.20. The minimum absolute atomic E-state index is 0.0240. The Morgan fingerprint density at radius 2 is 1.93 bits per heavy atom. The zero-order valence-corrected chi connectivity index (χ0v) is 9.36. The Kier molecular flexibility index (Phi) is 3.96. The third kappa shape index (κ3) is 3.00. The molecule has 3 heteroatoms. The van der Waals surface area contributed by atoms with Crippen LogP contribution in [-0.4, -0.2) is 41.8 Å². The van der Waals surface area contributed by atoms with Crippen molar-refractivity contribution >= 4 is 0 Å². The van der Waals surface area contributed by atoms with Gasteiger partial charge < -0.3 is 9.84 Å². The fourth-order valence-electron chi connectivity index (χ4n) is 1.78. The van der Waals surface area contributed by atoms with Crippen LogP contribution in [0.3, 0.4) is 0 Å². The van der Waals surface area contributed by atoms with Gasteiger partial charge in [-0.15, -0.1) is 0 Å². The van der Waals surface area contributed by atoms with Crippen molar-refractivity contribution in [3.8, 4) is 0 Å². The average molecular weight is 199 g/mol. The molecule has 0 unspecified atom stereocenters. The summed E-state index contributed by atoms with van der Waals surface area (Å²) >= 11 is 0. The van der Waals surface area contributed by atoms with E-state index in [1.807, 2.05) is 0 Å². The van der Waals surface area contributed by atoms with Gasteiger partial charge in [-0.2, -0.15) is 0 Å². The summed E-state index contributed by atoms with van der Waals surface area (Å²) in [5, 5.41) is 9.40. The molecule has 1 fully saturated rings. The quantitative estimate of drug-likeness (QED) is 0.697. The van der Waals surface area contributed by atoms with E-state index in [9.17, 15) is 5.11 Å². The Balaban J connectivity index is 2.50. The third-order valence-corrected chi connectivity index (χ3v) is 2.89. The summed E-state index contributed by atoms with van der Waals surface area (Å²) in [5.41, 5.74) is 0.0240. The standard InChI is InChI=1S/C11H21NO2/c1-11(2,6-9-14-3)12-7-4-10(13)5-8-12/h6,9-10,13H,4-5,7-8H2,1-3H3/b9-6+. The number of rotatable bonds is 3. The van der Waals surface area contributed by atoms with Crippen molar-refractivity contribution in [1.82, 2.24) is 4.90 Å². The van der Waals surface area contributed by atoms with Gasteiger partial charge in [0.25, 0.3) is 0 Å². The molecule has 0 radical (unpaired) electrons. The number of hydrogen-bond acceptors (Lipinski definition) is 3. The molecule has 1 aliphatic rings. The lowest BCUT2D eigenvalue weighted by molar-refractivity contribution is 0.0470. The molecule has 0 aromatic carbocycles. The predicted molar refractivity (Wildman–Crippen MR) is 57.0 cm³/mol. The second-order valence-corrected chi connectivity index (χ2v) is 4.41. The summed E-state index contributed by atoms with van der Waals surface area (Å²) in [6.07, 6.45) is 5.44. The molecule has 82 valence electrons. The smallest absolute Gasteiger partial charge is 0.0802 e. The average Bonchev–Trinajstić information content (AvgIpc) is 2.16. The van der Waals surface area contributed by atoms with E-state index in [2.05, 4.69) is 24.8 Å². The van der Waals surface area contributed by atoms with Gasteiger partial charge in [0.1, 0.15) is 0 Å². The first-order chi connectivity index (χ1) is 6.56.